The third-order valence-corrected chi connectivity index (χ3v) is 2.91. The monoisotopic (exact) mass is 363 g/mol. The van der Waals surface area contributed by atoms with Crippen molar-refractivity contribution >= 4 is 33.6 Å². The number of hydrogen-bond acceptors (Lipinski definition) is 3. The average Bonchev–Trinajstić information content (AvgIpc) is 2.25. The van der Waals surface area contributed by atoms with Crippen LogP contribution in [-0.4, -0.2) is 36.8 Å². The Morgan fingerprint density at radius 3 is 2.55 bits per heavy atom. The van der Waals surface area contributed by atoms with Gasteiger partial charge in [0.25, 0.3) is 0 Å². The summed E-state index contributed by atoms with van der Waals surface area (Å²) in [5.41, 5.74) is -0.496. The van der Waals surface area contributed by atoms with Crippen LogP contribution < -0.4 is 4.74 Å². The molecule has 0 unspecified atom stereocenters. The van der Waals surface area contributed by atoms with Gasteiger partial charge in [0.2, 0.25) is 0 Å². The molecule has 0 atom stereocenters. The molecular weight excluding hydrogens is 346 g/mol. The molecule has 6 heteroatoms. The van der Waals surface area contributed by atoms with Crippen molar-refractivity contribution in [3.05, 3.63) is 27.7 Å². The highest BCUT2D eigenvalue weighted by molar-refractivity contribution is 9.10. The number of nitrogens with zero attached hydrogens (tertiary/aromatic N) is 1. The normalized spacial score (nSPS) is 11.1. The first-order chi connectivity index (χ1) is 9.17. The van der Waals surface area contributed by atoms with E-state index in [0.29, 0.717) is 23.9 Å². The minimum Gasteiger partial charge on any atom is -0.492 e. The maximum absolute atomic E-state index is 11.7. The minimum absolute atomic E-state index is 0.364. The van der Waals surface area contributed by atoms with E-state index in [0.717, 1.165) is 4.47 Å². The summed E-state index contributed by atoms with van der Waals surface area (Å²) in [5.74, 6) is 0.655. The summed E-state index contributed by atoms with van der Waals surface area (Å²) < 4.78 is 11.6. The zero-order valence-electron chi connectivity index (χ0n) is 12.1. The largest absolute Gasteiger partial charge is 0.492 e. The van der Waals surface area contributed by atoms with Gasteiger partial charge in [-0.15, -0.1) is 0 Å². The fourth-order valence-electron chi connectivity index (χ4n) is 1.34. The van der Waals surface area contributed by atoms with Crippen LogP contribution >= 0.6 is 27.5 Å². The maximum Gasteiger partial charge on any atom is 0.410 e. The fourth-order valence-corrected chi connectivity index (χ4v) is 2.17. The van der Waals surface area contributed by atoms with E-state index in [4.69, 9.17) is 21.1 Å². The molecule has 0 heterocycles. The second-order valence-corrected chi connectivity index (χ2v) is 6.71. The fraction of sp³-hybridized carbons (Fsp3) is 0.500. The van der Waals surface area contributed by atoms with Gasteiger partial charge in [-0.25, -0.2) is 4.79 Å². The van der Waals surface area contributed by atoms with Crippen LogP contribution in [0.4, 0.5) is 4.79 Å². The molecule has 1 aromatic rings. The third-order valence-electron chi connectivity index (χ3n) is 2.24. The molecule has 1 aromatic carbocycles. The second-order valence-electron chi connectivity index (χ2n) is 5.36. The van der Waals surface area contributed by atoms with Crippen molar-refractivity contribution in [2.24, 2.45) is 0 Å². The topological polar surface area (TPSA) is 38.8 Å². The first-order valence-corrected chi connectivity index (χ1v) is 7.37. The van der Waals surface area contributed by atoms with Crippen LogP contribution in [0.2, 0.25) is 5.02 Å². The van der Waals surface area contributed by atoms with Crippen LogP contribution in [0.3, 0.4) is 0 Å². The molecular formula is C14H19BrClNO3. The SMILES string of the molecule is CN(CCOc1cc(Cl)cc(Br)c1)C(=O)OC(C)(C)C. The smallest absolute Gasteiger partial charge is 0.410 e. The van der Waals surface area contributed by atoms with Crippen LogP contribution in [0.5, 0.6) is 5.75 Å². The second kappa shape index (κ2) is 7.18. The first-order valence-electron chi connectivity index (χ1n) is 6.20. The van der Waals surface area contributed by atoms with E-state index in [2.05, 4.69) is 15.9 Å². The van der Waals surface area contributed by atoms with Gasteiger partial charge in [0, 0.05) is 16.5 Å². The Labute approximate surface area is 133 Å². The van der Waals surface area contributed by atoms with Crippen LogP contribution in [0, 0.1) is 0 Å². The van der Waals surface area contributed by atoms with Gasteiger partial charge in [-0.3, -0.25) is 0 Å². The number of carbonyl (C=O) groups is 1. The van der Waals surface area contributed by atoms with Gasteiger partial charge < -0.3 is 14.4 Å². The molecule has 0 bridgehead atoms. The zero-order valence-corrected chi connectivity index (χ0v) is 14.4. The van der Waals surface area contributed by atoms with E-state index < -0.39 is 5.60 Å². The van der Waals surface area contributed by atoms with Crippen molar-refractivity contribution in [3.8, 4) is 5.75 Å². The lowest BCUT2D eigenvalue weighted by Gasteiger charge is -2.24. The zero-order chi connectivity index (χ0) is 15.3. The highest BCUT2D eigenvalue weighted by Gasteiger charge is 2.19. The molecule has 0 N–H and O–H groups in total. The number of likely N-dealkylation sites (N-methyl/N-ethyl adjacent to an activating group) is 1. The quantitative estimate of drug-likeness (QED) is 0.797. The van der Waals surface area contributed by atoms with Gasteiger partial charge in [0.1, 0.15) is 18.0 Å². The van der Waals surface area contributed by atoms with E-state index in [1.165, 1.54) is 4.90 Å². The number of carbonyl (C=O) groups excluding carboxylic acids is 1. The molecule has 20 heavy (non-hydrogen) atoms. The average molecular weight is 365 g/mol. The minimum atomic E-state index is -0.496. The molecule has 0 aliphatic carbocycles. The van der Waals surface area contributed by atoms with E-state index in [-0.39, 0.29) is 6.09 Å². The third kappa shape index (κ3) is 6.48. The first kappa shape index (κ1) is 17.1. The molecule has 0 saturated heterocycles. The molecule has 0 saturated carbocycles. The van der Waals surface area contributed by atoms with Gasteiger partial charge in [-0.05, 0) is 39.0 Å². The predicted octanol–water partition coefficient (Wildman–Crippen LogP) is 4.35. The van der Waals surface area contributed by atoms with Crippen molar-refractivity contribution in [2.45, 2.75) is 26.4 Å². The Morgan fingerprint density at radius 2 is 2.00 bits per heavy atom. The van der Waals surface area contributed by atoms with Gasteiger partial charge in [-0.2, -0.15) is 0 Å². The Morgan fingerprint density at radius 1 is 1.35 bits per heavy atom. The molecule has 0 spiro atoms. The van der Waals surface area contributed by atoms with E-state index in [1.807, 2.05) is 26.8 Å². The van der Waals surface area contributed by atoms with Gasteiger partial charge in [-0.1, -0.05) is 27.5 Å². The van der Waals surface area contributed by atoms with Crippen LogP contribution in [0.25, 0.3) is 0 Å². The van der Waals surface area contributed by atoms with Crippen molar-refractivity contribution in [3.63, 3.8) is 0 Å². The molecule has 1 amide bonds. The summed E-state index contributed by atoms with van der Waals surface area (Å²) in [6, 6.07) is 5.32. The summed E-state index contributed by atoms with van der Waals surface area (Å²) in [6.07, 6.45) is -0.367. The molecule has 0 aliphatic rings. The van der Waals surface area contributed by atoms with E-state index in [9.17, 15) is 4.79 Å². The molecule has 4 nitrogen and oxygen atoms in total. The molecule has 1 rings (SSSR count). The van der Waals surface area contributed by atoms with Crippen LogP contribution in [-0.2, 0) is 4.74 Å². The number of rotatable bonds is 4. The molecule has 112 valence electrons. The Hall–Kier alpha value is -0.940. The van der Waals surface area contributed by atoms with Crippen LogP contribution in [0.15, 0.2) is 22.7 Å². The van der Waals surface area contributed by atoms with E-state index >= 15 is 0 Å². The number of halogens is 2. The Balaban J connectivity index is 2.42. The van der Waals surface area contributed by atoms with E-state index in [1.54, 1.807) is 19.2 Å². The summed E-state index contributed by atoms with van der Waals surface area (Å²) in [7, 11) is 1.67. The van der Waals surface area contributed by atoms with Gasteiger partial charge in [0.05, 0.1) is 6.54 Å². The molecule has 0 fully saturated rings. The highest BCUT2D eigenvalue weighted by Crippen LogP contribution is 2.24. The highest BCUT2D eigenvalue weighted by atomic mass is 79.9. The lowest BCUT2D eigenvalue weighted by atomic mass is 10.2. The summed E-state index contributed by atoms with van der Waals surface area (Å²) >= 11 is 9.26. The van der Waals surface area contributed by atoms with Crippen molar-refractivity contribution in [1.82, 2.24) is 4.90 Å². The number of benzene rings is 1. The summed E-state index contributed by atoms with van der Waals surface area (Å²) in [6.45, 7) is 6.29. The number of ether oxygens (including phenoxy) is 2. The van der Waals surface area contributed by atoms with Crippen molar-refractivity contribution in [2.75, 3.05) is 20.2 Å². The maximum atomic E-state index is 11.7. The van der Waals surface area contributed by atoms with Crippen LogP contribution in [0.1, 0.15) is 20.8 Å². The van der Waals surface area contributed by atoms with Crippen molar-refractivity contribution in [1.29, 1.82) is 0 Å². The Kier molecular flexibility index (Phi) is 6.14. The number of amides is 1. The van der Waals surface area contributed by atoms with Crippen molar-refractivity contribution < 1.29 is 14.3 Å². The summed E-state index contributed by atoms with van der Waals surface area (Å²) in [5, 5.41) is 0.592. The predicted molar refractivity (Wildman–Crippen MR) is 83.5 cm³/mol. The lowest BCUT2D eigenvalue weighted by molar-refractivity contribution is 0.0278. The molecule has 0 aromatic heterocycles. The standard InChI is InChI=1S/C14H19BrClNO3/c1-14(2,3)20-13(18)17(4)5-6-19-12-8-10(15)7-11(16)9-12/h7-9H,5-6H2,1-4H3. The molecule has 0 aliphatic heterocycles. The van der Waals surface area contributed by atoms with Gasteiger partial charge >= 0.3 is 6.09 Å². The lowest BCUT2D eigenvalue weighted by Crippen LogP contribution is -2.36. The molecule has 0 radical (unpaired) electrons. The van der Waals surface area contributed by atoms with Gasteiger partial charge in [0.15, 0.2) is 0 Å². The summed E-state index contributed by atoms with van der Waals surface area (Å²) in [4.78, 5) is 13.2. The number of hydrogen-bond donors (Lipinski definition) is 0. The Bertz CT molecular complexity index is 454.